The van der Waals surface area contributed by atoms with Crippen LogP contribution in [-0.2, 0) is 6.18 Å². The molecule has 0 spiro atoms. The first-order valence-electron chi connectivity index (χ1n) is 5.73. The molecule has 0 saturated carbocycles. The first kappa shape index (κ1) is 15.0. The highest BCUT2D eigenvalue weighted by molar-refractivity contribution is 7.80. The van der Waals surface area contributed by atoms with Crippen molar-refractivity contribution >= 4 is 23.5 Å². The van der Waals surface area contributed by atoms with Crippen LogP contribution < -0.4 is 11.2 Å². The summed E-state index contributed by atoms with van der Waals surface area (Å²) < 4.78 is 44.1. The summed E-state index contributed by atoms with van der Waals surface area (Å²) in [6.07, 6.45) is -3.19. The molecule has 0 atom stereocenters. The van der Waals surface area contributed by atoms with Gasteiger partial charge in [-0.1, -0.05) is 18.2 Å². The maximum atomic E-state index is 12.9. The molecular formula is C13H10F3N3OS. The molecule has 1 heterocycles. The third-order valence-electron chi connectivity index (χ3n) is 2.49. The van der Waals surface area contributed by atoms with Gasteiger partial charge < -0.3 is 10.2 Å². The third-order valence-corrected chi connectivity index (χ3v) is 2.58. The topological polar surface area (TPSA) is 63.5 Å². The van der Waals surface area contributed by atoms with Gasteiger partial charge in [-0.3, -0.25) is 5.43 Å². The van der Waals surface area contributed by atoms with Crippen molar-refractivity contribution in [3.63, 3.8) is 0 Å². The van der Waals surface area contributed by atoms with Gasteiger partial charge in [0.1, 0.15) is 11.5 Å². The van der Waals surface area contributed by atoms with E-state index in [1.165, 1.54) is 36.5 Å². The van der Waals surface area contributed by atoms with Crippen LogP contribution in [0.5, 0.6) is 0 Å². The van der Waals surface area contributed by atoms with Crippen molar-refractivity contribution < 1.29 is 17.6 Å². The summed E-state index contributed by atoms with van der Waals surface area (Å²) in [5, 5.41) is 3.63. The van der Waals surface area contributed by atoms with Crippen molar-refractivity contribution in [1.29, 1.82) is 0 Å². The number of benzene rings is 1. The SMILES string of the molecule is NC(=S)NN=Cc1ccc(-c2ccccc2C(F)(F)F)o1. The van der Waals surface area contributed by atoms with Crippen LogP contribution in [0, 0.1) is 0 Å². The van der Waals surface area contributed by atoms with E-state index in [9.17, 15) is 13.2 Å². The number of halogens is 3. The molecular weight excluding hydrogens is 303 g/mol. The fraction of sp³-hybridized carbons (Fsp3) is 0.0769. The van der Waals surface area contributed by atoms with Crippen LogP contribution in [0.1, 0.15) is 11.3 Å². The van der Waals surface area contributed by atoms with Crippen molar-refractivity contribution in [2.75, 3.05) is 0 Å². The lowest BCUT2D eigenvalue weighted by Gasteiger charge is -2.10. The second-order valence-electron chi connectivity index (χ2n) is 3.98. The van der Waals surface area contributed by atoms with E-state index in [4.69, 9.17) is 10.2 Å². The van der Waals surface area contributed by atoms with Crippen LogP contribution in [0.3, 0.4) is 0 Å². The molecule has 0 fully saturated rings. The van der Waals surface area contributed by atoms with Crippen LogP contribution >= 0.6 is 12.2 Å². The molecule has 21 heavy (non-hydrogen) atoms. The van der Waals surface area contributed by atoms with Crippen LogP contribution in [0.2, 0.25) is 0 Å². The zero-order valence-corrected chi connectivity index (χ0v) is 11.3. The van der Waals surface area contributed by atoms with Crippen LogP contribution in [0.15, 0.2) is 45.9 Å². The Morgan fingerprint density at radius 3 is 2.62 bits per heavy atom. The summed E-state index contributed by atoms with van der Waals surface area (Å²) in [7, 11) is 0. The Balaban J connectivity index is 2.30. The molecule has 0 saturated heterocycles. The highest BCUT2D eigenvalue weighted by atomic mass is 32.1. The minimum Gasteiger partial charge on any atom is -0.455 e. The van der Waals surface area contributed by atoms with Gasteiger partial charge in [-0.25, -0.2) is 0 Å². The summed E-state index contributed by atoms with van der Waals surface area (Å²) in [6.45, 7) is 0. The van der Waals surface area contributed by atoms with Gasteiger partial charge in [0, 0.05) is 5.56 Å². The Kier molecular flexibility index (Phi) is 4.27. The molecule has 2 aromatic rings. The molecule has 0 bridgehead atoms. The second kappa shape index (κ2) is 5.96. The lowest BCUT2D eigenvalue weighted by Crippen LogP contribution is -2.23. The van der Waals surface area contributed by atoms with Crippen LogP contribution in [0.25, 0.3) is 11.3 Å². The molecule has 0 amide bonds. The Labute approximate surface area is 123 Å². The Morgan fingerprint density at radius 2 is 1.95 bits per heavy atom. The molecule has 0 aliphatic rings. The molecule has 1 aromatic carbocycles. The van der Waals surface area contributed by atoms with Gasteiger partial charge in [0.05, 0.1) is 11.8 Å². The lowest BCUT2D eigenvalue weighted by molar-refractivity contribution is -0.137. The Morgan fingerprint density at radius 1 is 1.24 bits per heavy atom. The summed E-state index contributed by atoms with van der Waals surface area (Å²) in [4.78, 5) is 0. The Bertz CT molecular complexity index is 679. The highest BCUT2D eigenvalue weighted by Crippen LogP contribution is 2.37. The zero-order chi connectivity index (χ0) is 15.5. The third kappa shape index (κ3) is 3.82. The smallest absolute Gasteiger partial charge is 0.417 e. The normalized spacial score (nSPS) is 11.8. The fourth-order valence-corrected chi connectivity index (χ4v) is 1.72. The highest BCUT2D eigenvalue weighted by Gasteiger charge is 2.33. The average Bonchev–Trinajstić information content (AvgIpc) is 2.86. The standard InChI is InChI=1S/C13H10F3N3OS/c14-13(15,16)10-4-2-1-3-9(10)11-6-5-8(20-11)7-18-19-12(17)21/h1-7H,(H3,17,19,21). The van der Waals surface area contributed by atoms with Gasteiger partial charge in [-0.2, -0.15) is 18.3 Å². The first-order valence-corrected chi connectivity index (χ1v) is 6.13. The van der Waals surface area contributed by atoms with Gasteiger partial charge in [-0.05, 0) is 30.4 Å². The van der Waals surface area contributed by atoms with E-state index in [1.807, 2.05) is 0 Å². The van der Waals surface area contributed by atoms with Crippen molar-refractivity contribution in [2.45, 2.75) is 6.18 Å². The number of nitrogens with two attached hydrogens (primary N) is 1. The van der Waals surface area contributed by atoms with E-state index in [1.54, 1.807) is 0 Å². The van der Waals surface area contributed by atoms with Gasteiger partial charge in [-0.15, -0.1) is 0 Å². The monoisotopic (exact) mass is 313 g/mol. The molecule has 0 aliphatic heterocycles. The largest absolute Gasteiger partial charge is 0.455 e. The molecule has 110 valence electrons. The molecule has 0 unspecified atom stereocenters. The van der Waals surface area contributed by atoms with Gasteiger partial charge in [0.15, 0.2) is 5.11 Å². The van der Waals surface area contributed by atoms with Crippen LogP contribution in [0.4, 0.5) is 13.2 Å². The predicted octanol–water partition coefficient (Wildman–Crippen LogP) is 3.13. The zero-order valence-electron chi connectivity index (χ0n) is 10.5. The number of rotatable bonds is 3. The van der Waals surface area contributed by atoms with Crippen molar-refractivity contribution in [1.82, 2.24) is 5.43 Å². The minimum atomic E-state index is -4.45. The number of thiocarbonyl (C=S) groups is 1. The molecule has 8 heteroatoms. The van der Waals surface area contributed by atoms with E-state index >= 15 is 0 Å². The van der Waals surface area contributed by atoms with E-state index < -0.39 is 11.7 Å². The fourth-order valence-electron chi connectivity index (χ4n) is 1.67. The molecule has 0 aliphatic carbocycles. The summed E-state index contributed by atoms with van der Waals surface area (Å²) >= 11 is 4.55. The number of furan rings is 1. The van der Waals surface area contributed by atoms with E-state index in [-0.39, 0.29) is 22.2 Å². The number of hydrogen-bond donors (Lipinski definition) is 2. The maximum absolute atomic E-state index is 12.9. The van der Waals surface area contributed by atoms with Crippen molar-refractivity contribution in [3.8, 4) is 11.3 Å². The Hall–Kier alpha value is -2.35. The molecule has 4 nitrogen and oxygen atoms in total. The van der Waals surface area contributed by atoms with Gasteiger partial charge >= 0.3 is 6.18 Å². The van der Waals surface area contributed by atoms with Crippen LogP contribution in [-0.4, -0.2) is 11.3 Å². The number of nitrogens with zero attached hydrogens (tertiary/aromatic N) is 1. The molecule has 3 N–H and O–H groups in total. The van der Waals surface area contributed by atoms with Gasteiger partial charge in [0.2, 0.25) is 0 Å². The number of hydrogen-bond acceptors (Lipinski definition) is 3. The van der Waals surface area contributed by atoms with Crippen molar-refractivity contribution in [3.05, 3.63) is 47.7 Å². The van der Waals surface area contributed by atoms with E-state index in [0.29, 0.717) is 0 Å². The average molecular weight is 313 g/mol. The second-order valence-corrected chi connectivity index (χ2v) is 4.42. The number of alkyl halides is 3. The summed E-state index contributed by atoms with van der Waals surface area (Å²) in [5.74, 6) is 0.366. The quantitative estimate of drug-likeness (QED) is 0.519. The van der Waals surface area contributed by atoms with Crippen molar-refractivity contribution in [2.24, 2.45) is 10.8 Å². The maximum Gasteiger partial charge on any atom is 0.417 e. The molecule has 1 aromatic heterocycles. The number of hydrazone groups is 1. The molecule has 2 rings (SSSR count). The van der Waals surface area contributed by atoms with E-state index in [0.717, 1.165) is 6.07 Å². The lowest BCUT2D eigenvalue weighted by atomic mass is 10.1. The molecule has 0 radical (unpaired) electrons. The summed E-state index contributed by atoms with van der Waals surface area (Å²) in [6, 6.07) is 8.11. The van der Waals surface area contributed by atoms with E-state index in [2.05, 4.69) is 22.7 Å². The van der Waals surface area contributed by atoms with Gasteiger partial charge in [0.25, 0.3) is 0 Å². The first-order chi connectivity index (χ1) is 9.88. The summed E-state index contributed by atoms with van der Waals surface area (Å²) in [5.41, 5.74) is 6.69. The number of nitrogens with one attached hydrogen (secondary N) is 1. The minimum absolute atomic E-state index is 0.0274. The predicted molar refractivity (Wildman–Crippen MR) is 76.7 cm³/mol.